The lowest BCUT2D eigenvalue weighted by molar-refractivity contribution is 0.574. The molecule has 0 aliphatic heterocycles. The van der Waals surface area contributed by atoms with Gasteiger partial charge in [-0.3, -0.25) is 4.31 Å². The molecule has 0 saturated carbocycles. The molecule has 0 aliphatic rings. The predicted molar refractivity (Wildman–Crippen MR) is 80.7 cm³/mol. The summed E-state index contributed by atoms with van der Waals surface area (Å²) >= 11 is 3.22. The molecule has 0 fully saturated rings. The van der Waals surface area contributed by atoms with Crippen molar-refractivity contribution in [1.82, 2.24) is 0 Å². The van der Waals surface area contributed by atoms with Crippen LogP contribution in [0.3, 0.4) is 0 Å². The largest absolute Gasteiger partial charge is 0.264 e. The van der Waals surface area contributed by atoms with Gasteiger partial charge < -0.3 is 0 Å². The summed E-state index contributed by atoms with van der Waals surface area (Å²) in [6.07, 6.45) is 0. The molecule has 0 spiro atoms. The Bertz CT molecular complexity index is 748. The van der Waals surface area contributed by atoms with Crippen molar-refractivity contribution in [3.63, 3.8) is 0 Å². The number of nitrogens with zero attached hydrogens (tertiary/aromatic N) is 1. The van der Waals surface area contributed by atoms with Crippen LogP contribution in [0.1, 0.15) is 6.92 Å². The van der Waals surface area contributed by atoms with Crippen LogP contribution in [0.25, 0.3) is 0 Å². The van der Waals surface area contributed by atoms with Crippen LogP contribution >= 0.6 is 15.9 Å². The highest BCUT2D eigenvalue weighted by Gasteiger charge is 2.25. The maximum absolute atomic E-state index is 13.8. The van der Waals surface area contributed by atoms with Crippen molar-refractivity contribution >= 4 is 31.6 Å². The summed E-state index contributed by atoms with van der Waals surface area (Å²) in [7, 11) is -3.91. The minimum atomic E-state index is -3.91. The Kier molecular flexibility index (Phi) is 4.63. The topological polar surface area (TPSA) is 37.4 Å². The summed E-state index contributed by atoms with van der Waals surface area (Å²) in [4.78, 5) is 0.0382. The van der Waals surface area contributed by atoms with Gasteiger partial charge in [0.05, 0.1) is 10.6 Å². The summed E-state index contributed by atoms with van der Waals surface area (Å²) < 4.78 is 53.6. The number of sulfonamides is 1. The van der Waals surface area contributed by atoms with Gasteiger partial charge in [-0.05, 0) is 43.3 Å². The quantitative estimate of drug-likeness (QED) is 0.811. The molecule has 3 nitrogen and oxygen atoms in total. The molecular formula is C14H12BrF2NO2S. The van der Waals surface area contributed by atoms with Gasteiger partial charge >= 0.3 is 0 Å². The fourth-order valence-corrected chi connectivity index (χ4v) is 3.63. The summed E-state index contributed by atoms with van der Waals surface area (Å²) in [6, 6.07) is 8.81. The van der Waals surface area contributed by atoms with Gasteiger partial charge in [-0.1, -0.05) is 15.9 Å². The Hall–Kier alpha value is -1.47. The maximum atomic E-state index is 13.8. The fraction of sp³-hybridized carbons (Fsp3) is 0.143. The van der Waals surface area contributed by atoms with Gasteiger partial charge in [-0.2, -0.15) is 0 Å². The SMILES string of the molecule is CCN(c1ccc(F)cc1F)S(=O)(=O)c1ccc(Br)cc1. The highest BCUT2D eigenvalue weighted by Crippen LogP contribution is 2.27. The number of rotatable bonds is 4. The molecule has 0 atom stereocenters. The highest BCUT2D eigenvalue weighted by atomic mass is 79.9. The van der Waals surface area contributed by atoms with Crippen LogP contribution in [-0.4, -0.2) is 15.0 Å². The number of benzene rings is 2. The van der Waals surface area contributed by atoms with Gasteiger partial charge in [-0.25, -0.2) is 17.2 Å². The van der Waals surface area contributed by atoms with E-state index in [4.69, 9.17) is 0 Å². The van der Waals surface area contributed by atoms with Crippen LogP contribution in [0.5, 0.6) is 0 Å². The second-order valence-corrected chi connectivity index (χ2v) is 7.00. The monoisotopic (exact) mass is 375 g/mol. The van der Waals surface area contributed by atoms with Gasteiger partial charge in [0.1, 0.15) is 11.6 Å². The Morgan fingerprint density at radius 3 is 2.24 bits per heavy atom. The fourth-order valence-electron chi connectivity index (χ4n) is 1.89. The molecular weight excluding hydrogens is 364 g/mol. The molecule has 0 aromatic heterocycles. The molecule has 2 aromatic rings. The van der Waals surface area contributed by atoms with Crippen molar-refractivity contribution < 1.29 is 17.2 Å². The molecule has 0 heterocycles. The zero-order valence-electron chi connectivity index (χ0n) is 11.1. The molecule has 112 valence electrons. The third-order valence-corrected chi connectivity index (χ3v) is 5.30. The van der Waals surface area contributed by atoms with E-state index in [2.05, 4.69) is 15.9 Å². The molecule has 2 rings (SSSR count). The van der Waals surface area contributed by atoms with Crippen LogP contribution in [0.4, 0.5) is 14.5 Å². The lowest BCUT2D eigenvalue weighted by atomic mass is 10.3. The molecule has 0 amide bonds. The molecule has 21 heavy (non-hydrogen) atoms. The first-order chi connectivity index (χ1) is 9.86. The standard InChI is InChI=1S/C14H12BrF2NO2S/c1-2-18(14-8-5-11(16)9-13(14)17)21(19,20)12-6-3-10(15)4-7-12/h3-9H,2H2,1H3. The first-order valence-corrected chi connectivity index (χ1v) is 8.33. The molecule has 2 aromatic carbocycles. The average Bonchev–Trinajstić information content (AvgIpc) is 2.42. The first-order valence-electron chi connectivity index (χ1n) is 6.09. The van der Waals surface area contributed by atoms with Gasteiger partial charge in [0, 0.05) is 17.1 Å². The Balaban J connectivity index is 2.51. The van der Waals surface area contributed by atoms with E-state index in [1.165, 1.54) is 12.1 Å². The van der Waals surface area contributed by atoms with Crippen molar-refractivity contribution in [3.8, 4) is 0 Å². The summed E-state index contributed by atoms with van der Waals surface area (Å²) in [5.41, 5.74) is -0.179. The smallest absolute Gasteiger partial charge is 0.264 e. The number of anilines is 1. The van der Waals surface area contributed by atoms with Crippen LogP contribution in [0.2, 0.25) is 0 Å². The van der Waals surface area contributed by atoms with Crippen molar-refractivity contribution in [2.45, 2.75) is 11.8 Å². The summed E-state index contributed by atoms with van der Waals surface area (Å²) in [5.74, 6) is -1.68. The Morgan fingerprint density at radius 1 is 1.10 bits per heavy atom. The van der Waals surface area contributed by atoms with Crippen LogP contribution < -0.4 is 4.31 Å². The van der Waals surface area contributed by atoms with E-state index >= 15 is 0 Å². The van der Waals surface area contributed by atoms with Gasteiger partial charge in [0.15, 0.2) is 0 Å². The lowest BCUT2D eigenvalue weighted by Crippen LogP contribution is -2.31. The number of hydrogen-bond acceptors (Lipinski definition) is 2. The summed E-state index contributed by atoms with van der Waals surface area (Å²) in [5, 5.41) is 0. The third-order valence-electron chi connectivity index (χ3n) is 2.87. The van der Waals surface area contributed by atoms with E-state index in [0.717, 1.165) is 20.9 Å². The minimum Gasteiger partial charge on any atom is -0.264 e. The van der Waals surface area contributed by atoms with Gasteiger partial charge in [0.25, 0.3) is 10.0 Å². The van der Waals surface area contributed by atoms with Gasteiger partial charge in [-0.15, -0.1) is 0 Å². The van der Waals surface area contributed by atoms with E-state index < -0.39 is 21.7 Å². The zero-order chi connectivity index (χ0) is 15.6. The average molecular weight is 376 g/mol. The van der Waals surface area contributed by atoms with Crippen molar-refractivity contribution in [3.05, 3.63) is 58.6 Å². The van der Waals surface area contributed by atoms with Gasteiger partial charge in [0.2, 0.25) is 0 Å². The molecule has 0 radical (unpaired) electrons. The van der Waals surface area contributed by atoms with Crippen molar-refractivity contribution in [2.75, 3.05) is 10.8 Å². The van der Waals surface area contributed by atoms with E-state index in [0.29, 0.717) is 6.07 Å². The number of hydrogen-bond donors (Lipinski definition) is 0. The summed E-state index contributed by atoms with van der Waals surface area (Å²) in [6.45, 7) is 1.61. The maximum Gasteiger partial charge on any atom is 0.264 e. The molecule has 0 unspecified atom stereocenters. The number of halogens is 3. The van der Waals surface area contributed by atoms with E-state index in [1.807, 2.05) is 0 Å². The highest BCUT2D eigenvalue weighted by molar-refractivity contribution is 9.10. The second-order valence-electron chi connectivity index (χ2n) is 4.22. The molecule has 0 aliphatic carbocycles. The van der Waals surface area contributed by atoms with Crippen LogP contribution in [0, 0.1) is 11.6 Å². The van der Waals surface area contributed by atoms with Crippen molar-refractivity contribution in [1.29, 1.82) is 0 Å². The predicted octanol–water partition coefficient (Wildman–Crippen LogP) is 3.94. The second kappa shape index (κ2) is 6.11. The van der Waals surface area contributed by atoms with Crippen molar-refractivity contribution in [2.24, 2.45) is 0 Å². The first kappa shape index (κ1) is 15.9. The molecule has 0 N–H and O–H groups in total. The van der Waals surface area contributed by atoms with E-state index in [1.54, 1.807) is 19.1 Å². The third kappa shape index (κ3) is 3.24. The van der Waals surface area contributed by atoms with E-state index in [-0.39, 0.29) is 17.1 Å². The zero-order valence-corrected chi connectivity index (χ0v) is 13.5. The Morgan fingerprint density at radius 2 is 1.71 bits per heavy atom. The Labute approximate surface area is 130 Å². The normalized spacial score (nSPS) is 11.4. The molecule has 7 heteroatoms. The lowest BCUT2D eigenvalue weighted by Gasteiger charge is -2.23. The van der Waals surface area contributed by atoms with E-state index in [9.17, 15) is 17.2 Å². The van der Waals surface area contributed by atoms with Crippen LogP contribution in [-0.2, 0) is 10.0 Å². The molecule has 0 saturated heterocycles. The minimum absolute atomic E-state index is 0.0287. The molecule has 0 bridgehead atoms. The van der Waals surface area contributed by atoms with Crippen LogP contribution in [0.15, 0.2) is 51.8 Å².